The van der Waals surface area contributed by atoms with Crippen LogP contribution in [0.15, 0.2) is 249 Å². The summed E-state index contributed by atoms with van der Waals surface area (Å²) in [7, 11) is 0. The van der Waals surface area contributed by atoms with Crippen LogP contribution in [0, 0.1) is 6.92 Å². The minimum Gasteiger partial charge on any atom is -0.311 e. The Morgan fingerprint density at radius 2 is 0.652 bits per heavy atom. The molecule has 66 heavy (non-hydrogen) atoms. The fraction of sp³-hybridized carbons (Fsp3) is 0.0625. The van der Waals surface area contributed by atoms with Gasteiger partial charge < -0.3 is 9.80 Å². The van der Waals surface area contributed by atoms with E-state index < -0.39 is 0 Å². The van der Waals surface area contributed by atoms with Gasteiger partial charge in [-0.2, -0.15) is 0 Å². The van der Waals surface area contributed by atoms with Gasteiger partial charge in [-0.15, -0.1) is 0 Å². The molecule has 1 aliphatic carbocycles. The SMILES string of the molecule is Cc1ccccc1N(c1ccc(-c2cc(-c3ccccc3)c(-c3ccc(N(c4ccccc4)c4ccccc4)cc3)cc2-c2ccccc2)cc1)c1ccc2c(c1)C(C)(C)c1ccccc1-2. The number of para-hydroxylation sites is 3. The predicted molar refractivity (Wildman–Crippen MR) is 280 cm³/mol. The van der Waals surface area contributed by atoms with Crippen LogP contribution < -0.4 is 9.80 Å². The van der Waals surface area contributed by atoms with E-state index in [9.17, 15) is 0 Å². The van der Waals surface area contributed by atoms with E-state index in [0.29, 0.717) is 0 Å². The molecule has 2 heteroatoms. The molecule has 0 heterocycles. The maximum Gasteiger partial charge on any atom is 0.0490 e. The molecular formula is C64H50N2. The van der Waals surface area contributed by atoms with Crippen molar-refractivity contribution in [2.24, 2.45) is 0 Å². The number of fused-ring (bicyclic) bond motifs is 3. The Morgan fingerprint density at radius 1 is 0.273 bits per heavy atom. The molecule has 0 spiro atoms. The van der Waals surface area contributed by atoms with Crippen molar-refractivity contribution in [1.82, 2.24) is 0 Å². The molecule has 11 rings (SSSR count). The topological polar surface area (TPSA) is 6.48 Å². The molecule has 0 bridgehead atoms. The predicted octanol–water partition coefficient (Wildman–Crippen LogP) is 17.9. The first kappa shape index (κ1) is 40.6. The van der Waals surface area contributed by atoms with Gasteiger partial charge in [-0.05, 0) is 158 Å². The number of anilines is 6. The van der Waals surface area contributed by atoms with Crippen LogP contribution in [0.2, 0.25) is 0 Å². The summed E-state index contributed by atoms with van der Waals surface area (Å²) in [4.78, 5) is 4.74. The van der Waals surface area contributed by atoms with Crippen molar-refractivity contribution in [2.45, 2.75) is 26.2 Å². The Bertz CT molecular complexity index is 3260. The summed E-state index contributed by atoms with van der Waals surface area (Å²) in [6.07, 6.45) is 0. The number of rotatable bonds is 10. The smallest absolute Gasteiger partial charge is 0.0490 e. The summed E-state index contributed by atoms with van der Waals surface area (Å²) in [5.74, 6) is 0. The van der Waals surface area contributed by atoms with Crippen molar-refractivity contribution in [3.05, 3.63) is 265 Å². The Morgan fingerprint density at radius 3 is 1.17 bits per heavy atom. The van der Waals surface area contributed by atoms with Gasteiger partial charge in [0, 0.05) is 39.5 Å². The molecule has 0 N–H and O–H groups in total. The van der Waals surface area contributed by atoms with Gasteiger partial charge in [0.1, 0.15) is 0 Å². The molecule has 0 atom stereocenters. The average Bonchev–Trinajstić information content (AvgIpc) is 3.61. The number of aryl methyl sites for hydroxylation is 1. The lowest BCUT2D eigenvalue weighted by Crippen LogP contribution is -2.16. The van der Waals surface area contributed by atoms with Gasteiger partial charge in [-0.1, -0.05) is 184 Å². The molecule has 0 amide bonds. The van der Waals surface area contributed by atoms with Crippen LogP contribution in [0.5, 0.6) is 0 Å². The van der Waals surface area contributed by atoms with Crippen molar-refractivity contribution in [2.75, 3.05) is 9.80 Å². The van der Waals surface area contributed by atoms with Crippen molar-refractivity contribution in [3.63, 3.8) is 0 Å². The highest BCUT2D eigenvalue weighted by atomic mass is 15.1. The van der Waals surface area contributed by atoms with Crippen LogP contribution in [-0.2, 0) is 5.41 Å². The Labute approximate surface area is 389 Å². The second-order valence-electron chi connectivity index (χ2n) is 17.8. The molecule has 0 fully saturated rings. The highest BCUT2D eigenvalue weighted by molar-refractivity contribution is 5.96. The van der Waals surface area contributed by atoms with Crippen LogP contribution in [0.1, 0.15) is 30.5 Å². The normalized spacial score (nSPS) is 12.3. The van der Waals surface area contributed by atoms with E-state index >= 15 is 0 Å². The minimum absolute atomic E-state index is 0.105. The van der Waals surface area contributed by atoms with E-state index in [1.807, 2.05) is 0 Å². The van der Waals surface area contributed by atoms with E-state index in [2.05, 4.69) is 279 Å². The molecule has 0 aliphatic heterocycles. The third kappa shape index (κ3) is 7.37. The highest BCUT2D eigenvalue weighted by Crippen LogP contribution is 2.51. The molecule has 0 saturated heterocycles. The van der Waals surface area contributed by atoms with E-state index in [-0.39, 0.29) is 5.41 Å². The molecule has 0 radical (unpaired) electrons. The highest BCUT2D eigenvalue weighted by Gasteiger charge is 2.36. The molecule has 316 valence electrons. The molecule has 0 unspecified atom stereocenters. The maximum absolute atomic E-state index is 2.43. The van der Waals surface area contributed by atoms with Crippen molar-refractivity contribution < 1.29 is 0 Å². The monoisotopic (exact) mass is 846 g/mol. The fourth-order valence-corrected chi connectivity index (χ4v) is 10.0. The van der Waals surface area contributed by atoms with Gasteiger partial charge in [0.2, 0.25) is 0 Å². The lowest BCUT2D eigenvalue weighted by atomic mass is 9.82. The van der Waals surface area contributed by atoms with Crippen LogP contribution in [0.4, 0.5) is 34.1 Å². The second kappa shape index (κ2) is 17.1. The Kier molecular flexibility index (Phi) is 10.5. The molecule has 1 aliphatic rings. The fourth-order valence-electron chi connectivity index (χ4n) is 10.0. The Hall–Kier alpha value is -8.20. The first-order valence-corrected chi connectivity index (χ1v) is 22.9. The molecule has 10 aromatic rings. The summed E-state index contributed by atoms with van der Waals surface area (Å²) in [5.41, 5.74) is 22.7. The second-order valence-corrected chi connectivity index (χ2v) is 17.8. The molecule has 2 nitrogen and oxygen atoms in total. The van der Waals surface area contributed by atoms with E-state index in [0.717, 1.165) is 39.6 Å². The quantitative estimate of drug-likeness (QED) is 0.135. The summed E-state index contributed by atoms with van der Waals surface area (Å²) in [6, 6.07) is 90.5. The van der Waals surface area contributed by atoms with Gasteiger partial charge in [-0.25, -0.2) is 0 Å². The molecule has 0 aromatic heterocycles. The lowest BCUT2D eigenvalue weighted by Gasteiger charge is -2.29. The number of hydrogen-bond donors (Lipinski definition) is 0. The average molecular weight is 847 g/mol. The van der Waals surface area contributed by atoms with E-state index in [1.54, 1.807) is 0 Å². The summed E-state index contributed by atoms with van der Waals surface area (Å²) in [6.45, 7) is 6.92. The van der Waals surface area contributed by atoms with E-state index in [1.165, 1.54) is 66.9 Å². The summed E-state index contributed by atoms with van der Waals surface area (Å²) < 4.78 is 0. The van der Waals surface area contributed by atoms with Crippen LogP contribution in [0.3, 0.4) is 0 Å². The zero-order valence-electron chi connectivity index (χ0n) is 37.6. The van der Waals surface area contributed by atoms with Gasteiger partial charge in [0.05, 0.1) is 0 Å². The first-order chi connectivity index (χ1) is 32.4. The number of nitrogens with zero attached hydrogens (tertiary/aromatic N) is 2. The van der Waals surface area contributed by atoms with Crippen molar-refractivity contribution in [1.29, 1.82) is 0 Å². The zero-order chi connectivity index (χ0) is 44.6. The first-order valence-electron chi connectivity index (χ1n) is 22.9. The van der Waals surface area contributed by atoms with Gasteiger partial charge in [0.15, 0.2) is 0 Å². The third-order valence-corrected chi connectivity index (χ3v) is 13.4. The van der Waals surface area contributed by atoms with Crippen molar-refractivity contribution >= 4 is 34.1 Å². The number of benzene rings is 10. The maximum atomic E-state index is 2.43. The summed E-state index contributed by atoms with van der Waals surface area (Å²) >= 11 is 0. The van der Waals surface area contributed by atoms with Gasteiger partial charge >= 0.3 is 0 Å². The molecular weight excluding hydrogens is 797 g/mol. The van der Waals surface area contributed by atoms with Crippen LogP contribution >= 0.6 is 0 Å². The summed E-state index contributed by atoms with van der Waals surface area (Å²) in [5, 5.41) is 0. The van der Waals surface area contributed by atoms with Crippen LogP contribution in [0.25, 0.3) is 55.6 Å². The standard InChI is InChI=1S/C64H50N2/c1-45-20-16-19-31-63(45)66(54-40-41-56-55-29-17-18-30-61(55)64(2,3)62(56)42-54)53-38-34-49(35-39-53)60-44-57(46-21-8-4-9-22-46)59(43-58(60)47-23-10-5-11-24-47)48-32-36-52(37-33-48)65(50-25-12-6-13-26-50)51-27-14-7-15-28-51/h4-44H,1-3H3. The van der Waals surface area contributed by atoms with Gasteiger partial charge in [-0.3, -0.25) is 0 Å². The lowest BCUT2D eigenvalue weighted by molar-refractivity contribution is 0.660. The number of hydrogen-bond acceptors (Lipinski definition) is 2. The minimum atomic E-state index is -0.105. The molecule has 10 aromatic carbocycles. The van der Waals surface area contributed by atoms with Crippen LogP contribution in [-0.4, -0.2) is 0 Å². The Balaban J connectivity index is 1.03. The largest absolute Gasteiger partial charge is 0.311 e. The third-order valence-electron chi connectivity index (χ3n) is 13.4. The van der Waals surface area contributed by atoms with E-state index in [4.69, 9.17) is 0 Å². The zero-order valence-corrected chi connectivity index (χ0v) is 37.6. The van der Waals surface area contributed by atoms with Gasteiger partial charge in [0.25, 0.3) is 0 Å². The van der Waals surface area contributed by atoms with Crippen molar-refractivity contribution in [3.8, 4) is 55.6 Å². The molecule has 0 saturated carbocycles.